The Labute approximate surface area is 141 Å². The van der Waals surface area contributed by atoms with Crippen LogP contribution in [0.4, 0.5) is 0 Å². The van der Waals surface area contributed by atoms with Crippen molar-refractivity contribution in [2.45, 2.75) is 117 Å². The zero-order valence-electron chi connectivity index (χ0n) is 16.2. The maximum Gasteiger partial charge on any atom is 0.0431 e. The summed E-state index contributed by atoms with van der Waals surface area (Å²) in [5.74, 6) is 0. The zero-order valence-corrected chi connectivity index (χ0v) is 16.2. The number of unbranched alkanes of at least 4 members (excludes halogenated alkanes) is 7. The molecule has 138 valence electrons. The highest BCUT2D eigenvalue weighted by Gasteiger charge is 1.95. The molecule has 0 bridgehead atoms. The molecule has 0 unspecified atom stereocenters. The lowest BCUT2D eigenvalue weighted by atomic mass is 10.0. The summed E-state index contributed by atoms with van der Waals surface area (Å²) in [6, 6.07) is 0. The van der Waals surface area contributed by atoms with Crippen molar-refractivity contribution in [1.29, 1.82) is 0 Å². The van der Waals surface area contributed by atoms with Gasteiger partial charge >= 0.3 is 0 Å². The van der Waals surface area contributed by atoms with Crippen molar-refractivity contribution in [1.82, 2.24) is 0 Å². The predicted octanol–water partition coefficient (Wildman–Crippen LogP) is 6.48. The molecule has 0 aliphatic heterocycles. The maximum absolute atomic E-state index is 8.29. The van der Waals surface area contributed by atoms with E-state index >= 15 is 0 Å². The van der Waals surface area contributed by atoms with Crippen LogP contribution in [0.1, 0.15) is 117 Å². The van der Waals surface area contributed by atoms with Crippen LogP contribution < -0.4 is 0 Å². The molecule has 0 amide bonds. The van der Waals surface area contributed by atoms with Crippen molar-refractivity contribution in [3.63, 3.8) is 0 Å². The fourth-order valence-electron chi connectivity index (χ4n) is 2.28. The summed E-state index contributed by atoms with van der Waals surface area (Å²) in [5.41, 5.74) is 0. The fraction of sp³-hybridized carbons (Fsp3) is 1.00. The van der Waals surface area contributed by atoms with Crippen LogP contribution in [0.3, 0.4) is 0 Å². The van der Waals surface area contributed by atoms with Crippen LogP contribution >= 0.6 is 0 Å². The Morgan fingerprint density at radius 2 is 0.773 bits per heavy atom. The van der Waals surface area contributed by atoms with Crippen LogP contribution in [0.5, 0.6) is 0 Å². The van der Waals surface area contributed by atoms with E-state index in [9.17, 15) is 0 Å². The van der Waals surface area contributed by atoms with E-state index in [0.717, 1.165) is 13.5 Å². The Bertz CT molecular complexity index is 104. The summed E-state index contributed by atoms with van der Waals surface area (Å²) < 4.78 is 0. The van der Waals surface area contributed by atoms with Crippen molar-refractivity contribution >= 4 is 0 Å². The summed E-state index contributed by atoms with van der Waals surface area (Å²) in [4.78, 5) is 0. The molecule has 0 aromatic heterocycles. The van der Waals surface area contributed by atoms with E-state index in [1.54, 1.807) is 0 Å². The van der Waals surface area contributed by atoms with Gasteiger partial charge in [-0.25, -0.2) is 0 Å². The highest BCUT2D eigenvalue weighted by atomic mass is 16.3. The van der Waals surface area contributed by atoms with Crippen LogP contribution in [0, 0.1) is 0 Å². The summed E-state index contributed by atoms with van der Waals surface area (Å²) in [5, 5.41) is 15.3. The molecule has 0 aromatic carbocycles. The van der Waals surface area contributed by atoms with Crippen LogP contribution in [-0.2, 0) is 0 Å². The zero-order chi connectivity index (χ0) is 17.3. The second kappa shape index (κ2) is 32.8. The van der Waals surface area contributed by atoms with Crippen molar-refractivity contribution in [2.75, 3.05) is 13.7 Å². The van der Waals surface area contributed by atoms with E-state index in [0.29, 0.717) is 6.61 Å². The standard InChI is InChI=1S/C7H16.C6H14O.C6H12.CH4O/c1-3-5-7-6-4-2;1-2-3-4-5-6-7;1-2-4-6-5-3-1;1-2/h3-7H2,1-2H3;7H,2-6H2,1H3;1-6H2;2H,1H3. The van der Waals surface area contributed by atoms with Crippen LogP contribution in [-0.4, -0.2) is 23.9 Å². The molecule has 1 saturated carbocycles. The van der Waals surface area contributed by atoms with Gasteiger partial charge in [0.1, 0.15) is 0 Å². The molecule has 22 heavy (non-hydrogen) atoms. The number of hydrogen-bond donors (Lipinski definition) is 2. The van der Waals surface area contributed by atoms with Gasteiger partial charge in [-0.1, -0.05) is 111 Å². The molecule has 0 heterocycles. The van der Waals surface area contributed by atoms with Gasteiger partial charge in [-0.15, -0.1) is 0 Å². The monoisotopic (exact) mass is 318 g/mol. The van der Waals surface area contributed by atoms with Gasteiger partial charge in [-0.3, -0.25) is 0 Å². The van der Waals surface area contributed by atoms with Crippen molar-refractivity contribution in [2.24, 2.45) is 0 Å². The minimum Gasteiger partial charge on any atom is -0.400 e. The van der Waals surface area contributed by atoms with E-state index < -0.39 is 0 Å². The molecule has 0 aromatic rings. The van der Waals surface area contributed by atoms with Crippen molar-refractivity contribution in [3.05, 3.63) is 0 Å². The molecule has 1 aliphatic rings. The summed E-state index contributed by atoms with van der Waals surface area (Å²) >= 11 is 0. The van der Waals surface area contributed by atoms with Gasteiger partial charge in [0.05, 0.1) is 0 Å². The van der Waals surface area contributed by atoms with Crippen LogP contribution in [0.2, 0.25) is 0 Å². The summed E-state index contributed by atoms with van der Waals surface area (Å²) in [6.07, 6.45) is 20.7. The third-order valence-corrected chi connectivity index (χ3v) is 3.72. The first-order chi connectivity index (χ1) is 10.8. The Hall–Kier alpha value is -0.0800. The SMILES string of the molecule is C1CCCCC1.CCCCCCC.CCCCCCO.CO. The third-order valence-electron chi connectivity index (χ3n) is 3.72. The average molecular weight is 319 g/mol. The largest absolute Gasteiger partial charge is 0.400 e. The topological polar surface area (TPSA) is 40.5 Å². The molecule has 0 saturated heterocycles. The average Bonchev–Trinajstić information content (AvgIpc) is 2.60. The Kier molecular flexibility index (Phi) is 39.9. The molecular formula is C20H46O2. The molecular weight excluding hydrogens is 272 g/mol. The van der Waals surface area contributed by atoms with Gasteiger partial charge in [-0.05, 0) is 6.42 Å². The van der Waals surface area contributed by atoms with Gasteiger partial charge in [0.15, 0.2) is 0 Å². The van der Waals surface area contributed by atoms with Crippen LogP contribution in [0.15, 0.2) is 0 Å². The molecule has 2 heteroatoms. The quantitative estimate of drug-likeness (QED) is 0.502. The lowest BCUT2D eigenvalue weighted by molar-refractivity contribution is 0.283. The van der Waals surface area contributed by atoms with Gasteiger partial charge in [-0.2, -0.15) is 0 Å². The normalized spacial score (nSPS) is 12.8. The molecule has 0 radical (unpaired) electrons. The summed E-state index contributed by atoms with van der Waals surface area (Å²) in [7, 11) is 1.00. The van der Waals surface area contributed by atoms with Crippen molar-refractivity contribution in [3.8, 4) is 0 Å². The lowest BCUT2D eigenvalue weighted by Gasteiger charge is -2.05. The van der Waals surface area contributed by atoms with Crippen LogP contribution in [0.25, 0.3) is 0 Å². The molecule has 2 nitrogen and oxygen atoms in total. The minimum absolute atomic E-state index is 0.361. The molecule has 0 spiro atoms. The van der Waals surface area contributed by atoms with E-state index in [-0.39, 0.29) is 0 Å². The Morgan fingerprint density at radius 1 is 0.500 bits per heavy atom. The molecule has 0 atom stereocenters. The van der Waals surface area contributed by atoms with E-state index in [2.05, 4.69) is 20.8 Å². The van der Waals surface area contributed by atoms with E-state index in [1.165, 1.54) is 89.9 Å². The van der Waals surface area contributed by atoms with Crippen molar-refractivity contribution < 1.29 is 10.2 Å². The molecule has 1 fully saturated rings. The predicted molar refractivity (Wildman–Crippen MR) is 102 cm³/mol. The smallest absolute Gasteiger partial charge is 0.0431 e. The first kappa shape index (κ1) is 26.8. The second-order valence-electron chi connectivity index (χ2n) is 5.97. The maximum atomic E-state index is 8.29. The minimum atomic E-state index is 0.361. The Morgan fingerprint density at radius 3 is 1.00 bits per heavy atom. The summed E-state index contributed by atoms with van der Waals surface area (Å²) in [6.45, 7) is 7.02. The first-order valence-electron chi connectivity index (χ1n) is 9.88. The highest BCUT2D eigenvalue weighted by Crippen LogP contribution is 2.15. The van der Waals surface area contributed by atoms with Gasteiger partial charge in [0.2, 0.25) is 0 Å². The first-order valence-corrected chi connectivity index (χ1v) is 9.88. The number of hydrogen-bond acceptors (Lipinski definition) is 2. The second-order valence-corrected chi connectivity index (χ2v) is 5.97. The number of rotatable bonds is 8. The third kappa shape index (κ3) is 36.8. The molecule has 1 aliphatic carbocycles. The highest BCUT2D eigenvalue weighted by molar-refractivity contribution is 4.51. The van der Waals surface area contributed by atoms with E-state index in [4.69, 9.17) is 10.2 Å². The fourth-order valence-corrected chi connectivity index (χ4v) is 2.28. The number of aliphatic hydroxyl groups excluding tert-OH is 2. The molecule has 1 rings (SSSR count). The van der Waals surface area contributed by atoms with Gasteiger partial charge < -0.3 is 10.2 Å². The molecule has 2 N–H and O–H groups in total. The van der Waals surface area contributed by atoms with Gasteiger partial charge in [0, 0.05) is 13.7 Å². The number of aliphatic hydroxyl groups is 2. The van der Waals surface area contributed by atoms with Gasteiger partial charge in [0.25, 0.3) is 0 Å². The van der Waals surface area contributed by atoms with E-state index in [1.807, 2.05) is 0 Å². The lowest BCUT2D eigenvalue weighted by Crippen LogP contribution is -1.85. The Balaban J connectivity index is -0.000000233.